The van der Waals surface area contributed by atoms with E-state index in [2.05, 4.69) is 10.6 Å². The van der Waals surface area contributed by atoms with E-state index < -0.39 is 16.8 Å². The van der Waals surface area contributed by atoms with E-state index in [0.29, 0.717) is 19.3 Å². The molecule has 1 aliphatic rings. The van der Waals surface area contributed by atoms with Gasteiger partial charge in [0, 0.05) is 12.1 Å². The van der Waals surface area contributed by atoms with Gasteiger partial charge in [-0.25, -0.2) is 0 Å². The SMILES string of the molecule is O=C(CNc1ccccc1[N+](=O)[O-])N[C@@H]1CC[C@H](C(=O)O)C1. The summed E-state index contributed by atoms with van der Waals surface area (Å²) < 4.78 is 0. The van der Waals surface area contributed by atoms with E-state index in [1.54, 1.807) is 12.1 Å². The fraction of sp³-hybridized carbons (Fsp3) is 0.429. The Morgan fingerprint density at radius 2 is 2.05 bits per heavy atom. The van der Waals surface area contributed by atoms with Gasteiger partial charge in [-0.1, -0.05) is 12.1 Å². The van der Waals surface area contributed by atoms with Gasteiger partial charge in [-0.05, 0) is 25.3 Å². The largest absolute Gasteiger partial charge is 0.481 e. The van der Waals surface area contributed by atoms with Crippen LogP contribution in [0, 0.1) is 16.0 Å². The number of amides is 1. The van der Waals surface area contributed by atoms with Gasteiger partial charge in [0.1, 0.15) is 5.69 Å². The molecule has 118 valence electrons. The van der Waals surface area contributed by atoms with Gasteiger partial charge >= 0.3 is 5.97 Å². The van der Waals surface area contributed by atoms with E-state index in [1.165, 1.54) is 12.1 Å². The third kappa shape index (κ3) is 3.94. The molecule has 8 nitrogen and oxygen atoms in total. The van der Waals surface area contributed by atoms with Crippen LogP contribution in [-0.4, -0.2) is 34.5 Å². The van der Waals surface area contributed by atoms with Crippen molar-refractivity contribution in [3.8, 4) is 0 Å². The normalized spacial score (nSPS) is 20.4. The topological polar surface area (TPSA) is 122 Å². The molecule has 1 saturated carbocycles. The van der Waals surface area contributed by atoms with Crippen LogP contribution in [0.3, 0.4) is 0 Å². The Bertz CT molecular complexity index is 590. The Morgan fingerprint density at radius 3 is 2.68 bits per heavy atom. The smallest absolute Gasteiger partial charge is 0.306 e. The number of carboxylic acids is 1. The van der Waals surface area contributed by atoms with Crippen molar-refractivity contribution >= 4 is 23.3 Å². The maximum atomic E-state index is 11.8. The predicted molar refractivity (Wildman–Crippen MR) is 78.5 cm³/mol. The molecular weight excluding hydrogens is 290 g/mol. The van der Waals surface area contributed by atoms with E-state index in [-0.39, 0.29) is 29.9 Å². The zero-order valence-electron chi connectivity index (χ0n) is 11.8. The molecule has 3 N–H and O–H groups in total. The van der Waals surface area contributed by atoms with Gasteiger partial charge in [0.2, 0.25) is 5.91 Å². The maximum Gasteiger partial charge on any atom is 0.306 e. The van der Waals surface area contributed by atoms with E-state index in [9.17, 15) is 19.7 Å². The second-order valence-corrected chi connectivity index (χ2v) is 5.24. The highest BCUT2D eigenvalue weighted by atomic mass is 16.6. The molecule has 8 heteroatoms. The molecule has 1 aliphatic carbocycles. The van der Waals surface area contributed by atoms with E-state index in [1.807, 2.05) is 0 Å². The summed E-state index contributed by atoms with van der Waals surface area (Å²) in [5, 5.41) is 25.2. The maximum absolute atomic E-state index is 11.8. The van der Waals surface area contributed by atoms with Crippen LogP contribution in [0.1, 0.15) is 19.3 Å². The lowest BCUT2D eigenvalue weighted by atomic mass is 10.1. The van der Waals surface area contributed by atoms with E-state index in [0.717, 1.165) is 0 Å². The number of carboxylic acid groups (broad SMARTS) is 1. The number of nitro benzene ring substituents is 1. The van der Waals surface area contributed by atoms with Crippen molar-refractivity contribution in [1.29, 1.82) is 0 Å². The van der Waals surface area contributed by atoms with Crippen LogP contribution in [0.5, 0.6) is 0 Å². The molecule has 1 fully saturated rings. The second-order valence-electron chi connectivity index (χ2n) is 5.24. The zero-order chi connectivity index (χ0) is 16.1. The van der Waals surface area contributed by atoms with Crippen LogP contribution in [0.15, 0.2) is 24.3 Å². The number of nitrogens with zero attached hydrogens (tertiary/aromatic N) is 1. The van der Waals surface area contributed by atoms with Gasteiger partial charge in [0.15, 0.2) is 0 Å². The van der Waals surface area contributed by atoms with Crippen molar-refractivity contribution in [2.75, 3.05) is 11.9 Å². The summed E-state index contributed by atoms with van der Waals surface area (Å²) in [6.45, 7) is -0.0981. The molecule has 1 aromatic carbocycles. The number of hydrogen-bond donors (Lipinski definition) is 3. The number of anilines is 1. The van der Waals surface area contributed by atoms with Gasteiger partial charge in [-0.15, -0.1) is 0 Å². The number of rotatable bonds is 6. The van der Waals surface area contributed by atoms with Gasteiger partial charge in [0.25, 0.3) is 5.69 Å². The summed E-state index contributed by atoms with van der Waals surface area (Å²) in [4.78, 5) is 33.0. The fourth-order valence-corrected chi connectivity index (χ4v) is 2.57. The van der Waals surface area contributed by atoms with Crippen molar-refractivity contribution in [3.05, 3.63) is 34.4 Å². The first kappa shape index (κ1) is 15.7. The average Bonchev–Trinajstić information content (AvgIpc) is 2.94. The van der Waals surface area contributed by atoms with Crippen molar-refractivity contribution in [1.82, 2.24) is 5.32 Å². The second kappa shape index (κ2) is 6.88. The van der Waals surface area contributed by atoms with E-state index in [4.69, 9.17) is 5.11 Å². The van der Waals surface area contributed by atoms with Crippen molar-refractivity contribution in [2.45, 2.75) is 25.3 Å². The zero-order valence-corrected chi connectivity index (χ0v) is 11.8. The first-order chi connectivity index (χ1) is 10.5. The standard InChI is InChI=1S/C14H17N3O5/c18-13(16-10-6-5-9(7-10)14(19)20)8-15-11-3-1-2-4-12(11)17(21)22/h1-4,9-10,15H,5-8H2,(H,16,18)(H,19,20)/t9-,10+/m0/s1. The van der Waals surface area contributed by atoms with Gasteiger partial charge < -0.3 is 15.7 Å². The summed E-state index contributed by atoms with van der Waals surface area (Å²) in [5.41, 5.74) is 0.180. The van der Waals surface area contributed by atoms with Gasteiger partial charge in [-0.2, -0.15) is 0 Å². The molecular formula is C14H17N3O5. The number of aliphatic carboxylic acids is 1. The van der Waals surface area contributed by atoms with Crippen LogP contribution < -0.4 is 10.6 Å². The van der Waals surface area contributed by atoms with Crippen LogP contribution in [0.25, 0.3) is 0 Å². The molecule has 0 bridgehead atoms. The summed E-state index contributed by atoms with van der Waals surface area (Å²) >= 11 is 0. The van der Waals surface area contributed by atoms with E-state index >= 15 is 0 Å². The Hall–Kier alpha value is -2.64. The molecule has 0 aromatic heterocycles. The van der Waals surface area contributed by atoms with Crippen LogP contribution in [0.2, 0.25) is 0 Å². The van der Waals surface area contributed by atoms with Gasteiger partial charge in [0.05, 0.1) is 17.4 Å². The highest BCUT2D eigenvalue weighted by molar-refractivity contribution is 5.82. The van der Waals surface area contributed by atoms with Crippen molar-refractivity contribution in [2.24, 2.45) is 5.92 Å². The summed E-state index contributed by atoms with van der Waals surface area (Å²) in [7, 11) is 0. The Kier molecular flexibility index (Phi) is 4.92. The number of carbonyl (C=O) groups is 2. The van der Waals surface area contributed by atoms with Crippen LogP contribution in [-0.2, 0) is 9.59 Å². The molecule has 22 heavy (non-hydrogen) atoms. The minimum absolute atomic E-state index is 0.0953. The highest BCUT2D eigenvalue weighted by Gasteiger charge is 2.30. The molecule has 0 spiro atoms. The Labute approximate surface area is 126 Å². The minimum atomic E-state index is -0.838. The number of nitrogens with one attached hydrogen (secondary N) is 2. The molecule has 0 heterocycles. The molecule has 1 amide bonds. The lowest BCUT2D eigenvalue weighted by molar-refractivity contribution is -0.383. The highest BCUT2D eigenvalue weighted by Crippen LogP contribution is 2.26. The molecule has 0 aliphatic heterocycles. The fourth-order valence-electron chi connectivity index (χ4n) is 2.57. The van der Waals surface area contributed by atoms with Crippen LogP contribution >= 0.6 is 0 Å². The van der Waals surface area contributed by atoms with Crippen LogP contribution in [0.4, 0.5) is 11.4 Å². The van der Waals surface area contributed by atoms with Crippen molar-refractivity contribution in [3.63, 3.8) is 0 Å². The Morgan fingerprint density at radius 1 is 1.32 bits per heavy atom. The number of carbonyl (C=O) groups excluding carboxylic acids is 1. The average molecular weight is 307 g/mol. The Balaban J connectivity index is 1.84. The number of benzene rings is 1. The molecule has 0 saturated heterocycles. The molecule has 1 aromatic rings. The number of hydrogen-bond acceptors (Lipinski definition) is 5. The lowest BCUT2D eigenvalue weighted by Gasteiger charge is -2.13. The first-order valence-electron chi connectivity index (χ1n) is 6.97. The molecule has 2 rings (SSSR count). The number of para-hydroxylation sites is 2. The first-order valence-corrected chi connectivity index (χ1v) is 6.97. The third-order valence-electron chi connectivity index (χ3n) is 3.69. The molecule has 2 atom stereocenters. The minimum Gasteiger partial charge on any atom is -0.481 e. The summed E-state index contributed by atoms with van der Waals surface area (Å²) in [6.07, 6.45) is 1.61. The number of nitro groups is 1. The lowest BCUT2D eigenvalue weighted by Crippen LogP contribution is -2.37. The molecule has 0 unspecified atom stereocenters. The monoisotopic (exact) mass is 307 g/mol. The summed E-state index contributed by atoms with van der Waals surface area (Å²) in [5.74, 6) is -1.56. The third-order valence-corrected chi connectivity index (χ3v) is 3.69. The molecule has 0 radical (unpaired) electrons. The van der Waals surface area contributed by atoms with Gasteiger partial charge in [-0.3, -0.25) is 19.7 Å². The predicted octanol–water partition coefficient (Wildman–Crippen LogP) is 1.38. The quantitative estimate of drug-likeness (QED) is 0.539. The summed E-state index contributed by atoms with van der Waals surface area (Å²) in [6, 6.07) is 5.92. The van der Waals surface area contributed by atoms with Crippen molar-refractivity contribution < 1.29 is 19.6 Å².